The van der Waals surface area contributed by atoms with Crippen molar-refractivity contribution in [1.82, 2.24) is 0 Å². The first-order chi connectivity index (χ1) is 7.72. The maximum absolute atomic E-state index is 10.7. The lowest BCUT2D eigenvalue weighted by Crippen LogP contribution is -1.98. The van der Waals surface area contributed by atoms with E-state index in [1.807, 2.05) is 0 Å². The highest BCUT2D eigenvalue weighted by Crippen LogP contribution is 2.42. The van der Waals surface area contributed by atoms with E-state index in [0.717, 1.165) is 6.42 Å². The quantitative estimate of drug-likeness (QED) is 0.566. The molecule has 0 saturated heterocycles. The van der Waals surface area contributed by atoms with E-state index in [4.69, 9.17) is 14.2 Å². The Labute approximate surface area is 91.9 Å². The van der Waals surface area contributed by atoms with Gasteiger partial charge in [0.15, 0.2) is 11.5 Å². The molecule has 0 saturated carbocycles. The van der Waals surface area contributed by atoms with Gasteiger partial charge in [0.05, 0.1) is 37.4 Å². The van der Waals surface area contributed by atoms with Crippen LogP contribution >= 0.6 is 0 Å². The molecule has 1 aliphatic rings. The third kappa shape index (κ3) is 1.86. The van der Waals surface area contributed by atoms with Gasteiger partial charge < -0.3 is 14.2 Å². The minimum atomic E-state index is -0.489. The van der Waals surface area contributed by atoms with Gasteiger partial charge in [0.25, 0.3) is 5.69 Å². The zero-order valence-electron chi connectivity index (χ0n) is 8.76. The molecule has 0 unspecified atom stereocenters. The molecule has 0 amide bonds. The van der Waals surface area contributed by atoms with Gasteiger partial charge in [-0.1, -0.05) is 0 Å². The molecule has 0 aromatic heterocycles. The van der Waals surface area contributed by atoms with Crippen LogP contribution in [0.25, 0.3) is 0 Å². The van der Waals surface area contributed by atoms with E-state index in [0.29, 0.717) is 30.5 Å². The van der Waals surface area contributed by atoms with Crippen LogP contribution in [0, 0.1) is 10.1 Å². The molecule has 0 aliphatic carbocycles. The Morgan fingerprint density at radius 2 is 2.12 bits per heavy atom. The predicted molar refractivity (Wildman–Crippen MR) is 55.3 cm³/mol. The number of methoxy groups -OCH3 is 1. The summed E-state index contributed by atoms with van der Waals surface area (Å²) in [5.41, 5.74) is -0.0684. The van der Waals surface area contributed by atoms with Crippen LogP contribution in [0.1, 0.15) is 6.42 Å². The standard InChI is InChI=1S/C10H11NO5/c1-14-8-5-7(11(12)13)6-9-10(8)16-4-2-3-15-9/h5-6H,2-4H2,1H3. The van der Waals surface area contributed by atoms with E-state index in [1.54, 1.807) is 0 Å². The van der Waals surface area contributed by atoms with Gasteiger partial charge in [-0.05, 0) is 0 Å². The van der Waals surface area contributed by atoms with Crippen LogP contribution in [0.4, 0.5) is 5.69 Å². The summed E-state index contributed by atoms with van der Waals surface area (Å²) >= 11 is 0. The summed E-state index contributed by atoms with van der Waals surface area (Å²) in [4.78, 5) is 10.2. The van der Waals surface area contributed by atoms with Crippen molar-refractivity contribution in [3.63, 3.8) is 0 Å². The molecule has 0 fully saturated rings. The molecule has 6 heteroatoms. The van der Waals surface area contributed by atoms with Crippen LogP contribution in [0.5, 0.6) is 17.2 Å². The van der Waals surface area contributed by atoms with Crippen molar-refractivity contribution >= 4 is 5.69 Å². The summed E-state index contributed by atoms with van der Waals surface area (Å²) in [5, 5.41) is 10.7. The summed E-state index contributed by atoms with van der Waals surface area (Å²) in [5.74, 6) is 1.13. The Morgan fingerprint density at radius 3 is 2.81 bits per heavy atom. The van der Waals surface area contributed by atoms with Crippen LogP contribution in [0.15, 0.2) is 12.1 Å². The molecule has 0 radical (unpaired) electrons. The number of nitrogens with zero attached hydrogens (tertiary/aromatic N) is 1. The second kappa shape index (κ2) is 4.26. The fraction of sp³-hybridized carbons (Fsp3) is 0.400. The van der Waals surface area contributed by atoms with Gasteiger partial charge >= 0.3 is 0 Å². The highest BCUT2D eigenvalue weighted by atomic mass is 16.6. The summed E-state index contributed by atoms with van der Waals surface area (Å²) < 4.78 is 15.9. The Hall–Kier alpha value is -1.98. The normalized spacial score (nSPS) is 14.1. The highest BCUT2D eigenvalue weighted by Gasteiger charge is 2.21. The predicted octanol–water partition coefficient (Wildman–Crippen LogP) is 1.76. The lowest BCUT2D eigenvalue weighted by atomic mass is 10.2. The van der Waals surface area contributed by atoms with Crippen molar-refractivity contribution in [2.45, 2.75) is 6.42 Å². The highest BCUT2D eigenvalue weighted by molar-refractivity contribution is 5.58. The van der Waals surface area contributed by atoms with Crippen molar-refractivity contribution in [2.75, 3.05) is 20.3 Å². The van der Waals surface area contributed by atoms with Gasteiger partial charge in [0.1, 0.15) is 0 Å². The smallest absolute Gasteiger partial charge is 0.277 e. The topological polar surface area (TPSA) is 70.8 Å². The molecule has 1 aliphatic heterocycles. The van der Waals surface area contributed by atoms with Crippen molar-refractivity contribution in [1.29, 1.82) is 0 Å². The van der Waals surface area contributed by atoms with Crippen molar-refractivity contribution in [3.05, 3.63) is 22.2 Å². The van der Waals surface area contributed by atoms with Crippen LogP contribution in [0.3, 0.4) is 0 Å². The molecule has 0 atom stereocenters. The first-order valence-corrected chi connectivity index (χ1v) is 4.84. The number of benzene rings is 1. The number of ether oxygens (including phenoxy) is 3. The Morgan fingerprint density at radius 1 is 1.38 bits per heavy atom. The lowest BCUT2D eigenvalue weighted by molar-refractivity contribution is -0.385. The third-order valence-electron chi connectivity index (χ3n) is 2.23. The fourth-order valence-corrected chi connectivity index (χ4v) is 1.48. The summed E-state index contributed by atoms with van der Waals surface area (Å²) in [6.45, 7) is 0.999. The van der Waals surface area contributed by atoms with Crippen LogP contribution < -0.4 is 14.2 Å². The zero-order valence-corrected chi connectivity index (χ0v) is 8.76. The molecule has 6 nitrogen and oxygen atoms in total. The van der Waals surface area contributed by atoms with E-state index < -0.39 is 4.92 Å². The molecule has 1 aromatic carbocycles. The molecule has 0 N–H and O–H groups in total. The van der Waals surface area contributed by atoms with Gasteiger partial charge in [-0.3, -0.25) is 10.1 Å². The minimum Gasteiger partial charge on any atom is -0.492 e. The van der Waals surface area contributed by atoms with Gasteiger partial charge in [-0.15, -0.1) is 0 Å². The second-order valence-corrected chi connectivity index (χ2v) is 3.28. The molecule has 0 spiro atoms. The van der Waals surface area contributed by atoms with Gasteiger partial charge in [-0.25, -0.2) is 0 Å². The average molecular weight is 225 g/mol. The minimum absolute atomic E-state index is 0.0684. The number of rotatable bonds is 2. The molecular weight excluding hydrogens is 214 g/mol. The van der Waals surface area contributed by atoms with Crippen LogP contribution in [0.2, 0.25) is 0 Å². The van der Waals surface area contributed by atoms with E-state index in [9.17, 15) is 10.1 Å². The Bertz CT molecular complexity index is 418. The van der Waals surface area contributed by atoms with Crippen molar-refractivity contribution < 1.29 is 19.1 Å². The van der Waals surface area contributed by atoms with Gasteiger partial charge in [0, 0.05) is 6.42 Å². The monoisotopic (exact) mass is 225 g/mol. The number of hydrogen-bond donors (Lipinski definition) is 0. The molecule has 1 aromatic rings. The van der Waals surface area contributed by atoms with E-state index in [1.165, 1.54) is 19.2 Å². The van der Waals surface area contributed by atoms with E-state index in [-0.39, 0.29) is 5.69 Å². The molecule has 1 heterocycles. The molecule has 0 bridgehead atoms. The summed E-state index contributed by atoms with van der Waals surface area (Å²) in [7, 11) is 1.44. The zero-order chi connectivity index (χ0) is 11.5. The summed E-state index contributed by atoms with van der Waals surface area (Å²) in [6.07, 6.45) is 0.742. The Balaban J connectivity index is 2.50. The second-order valence-electron chi connectivity index (χ2n) is 3.28. The van der Waals surface area contributed by atoms with Gasteiger partial charge in [-0.2, -0.15) is 0 Å². The van der Waals surface area contributed by atoms with Crippen molar-refractivity contribution in [3.8, 4) is 17.2 Å². The van der Waals surface area contributed by atoms with Crippen LogP contribution in [-0.4, -0.2) is 25.2 Å². The van der Waals surface area contributed by atoms with Gasteiger partial charge in [0.2, 0.25) is 5.75 Å². The van der Waals surface area contributed by atoms with Crippen LogP contribution in [-0.2, 0) is 0 Å². The average Bonchev–Trinajstić information content (AvgIpc) is 2.52. The first-order valence-electron chi connectivity index (χ1n) is 4.84. The van der Waals surface area contributed by atoms with Crippen molar-refractivity contribution in [2.24, 2.45) is 0 Å². The number of nitro groups is 1. The fourth-order valence-electron chi connectivity index (χ4n) is 1.48. The molecule has 2 rings (SSSR count). The lowest BCUT2D eigenvalue weighted by Gasteiger charge is -2.10. The molecule has 16 heavy (non-hydrogen) atoms. The maximum atomic E-state index is 10.7. The third-order valence-corrected chi connectivity index (χ3v) is 2.23. The molecular formula is C10H11NO5. The van der Waals surface area contributed by atoms with E-state index in [2.05, 4.69) is 0 Å². The maximum Gasteiger partial charge on any atom is 0.277 e. The number of fused-ring (bicyclic) bond motifs is 1. The Kier molecular flexibility index (Phi) is 2.80. The number of nitro benzene ring substituents is 1. The SMILES string of the molecule is COc1cc([N+](=O)[O-])cc2c1OCCCO2. The largest absolute Gasteiger partial charge is 0.492 e. The van der Waals surface area contributed by atoms with E-state index >= 15 is 0 Å². The first kappa shape index (κ1) is 10.5. The number of hydrogen-bond acceptors (Lipinski definition) is 5. The molecule has 86 valence electrons. The summed E-state index contributed by atoms with van der Waals surface area (Å²) in [6, 6.07) is 2.68. The number of non-ortho nitro benzene ring substituents is 1.